The van der Waals surface area contributed by atoms with Gasteiger partial charge < -0.3 is 5.11 Å². The van der Waals surface area contributed by atoms with Gasteiger partial charge in [-0.05, 0) is 13.2 Å². The summed E-state index contributed by atoms with van der Waals surface area (Å²) in [4.78, 5) is 14.8. The number of carbonyl (C=O) groups is 1. The molecule has 0 aliphatic carbocycles. The lowest BCUT2D eigenvalue weighted by Gasteiger charge is -2.09. The summed E-state index contributed by atoms with van der Waals surface area (Å²) in [6.45, 7) is 3.63. The zero-order valence-corrected chi connectivity index (χ0v) is 9.71. The second kappa shape index (κ2) is 5.06. The molecule has 0 saturated heterocycles. The largest absolute Gasteiger partial charge is 0.481 e. The number of hydrogen-bond donors (Lipinski definition) is 1. The van der Waals surface area contributed by atoms with Gasteiger partial charge in [0.2, 0.25) is 5.16 Å². The first kappa shape index (κ1) is 11.9. The number of nitrogens with zero attached hydrogens (tertiary/aromatic N) is 3. The number of aryl methyl sites for hydroxylation is 1. The van der Waals surface area contributed by atoms with Crippen molar-refractivity contribution in [3.8, 4) is 0 Å². The van der Waals surface area contributed by atoms with Crippen LogP contribution < -0.4 is 0 Å². The quantitative estimate of drug-likeness (QED) is 0.785. The van der Waals surface area contributed by atoms with E-state index in [1.165, 1.54) is 11.8 Å². The number of carboxylic acids is 1. The predicted octanol–water partition coefficient (Wildman–Crippen LogP) is 1.48. The normalized spacial score (nSPS) is 12.5. The molecular formula is C9H13N3O2S. The van der Waals surface area contributed by atoms with Crippen molar-refractivity contribution < 1.29 is 9.90 Å². The van der Waals surface area contributed by atoms with Gasteiger partial charge in [0.15, 0.2) is 0 Å². The summed E-state index contributed by atoms with van der Waals surface area (Å²) < 4.78 is 0. The summed E-state index contributed by atoms with van der Waals surface area (Å²) in [6.07, 6.45) is 1.92. The number of thioether (sulfide) groups is 1. The van der Waals surface area contributed by atoms with Crippen molar-refractivity contribution >= 4 is 17.7 Å². The van der Waals surface area contributed by atoms with Gasteiger partial charge >= 0.3 is 5.97 Å². The molecule has 1 heterocycles. The topological polar surface area (TPSA) is 76.0 Å². The lowest BCUT2D eigenvalue weighted by Crippen LogP contribution is -2.09. The average molecular weight is 227 g/mol. The third-order valence-corrected chi connectivity index (χ3v) is 2.55. The molecule has 6 heteroatoms. The summed E-state index contributed by atoms with van der Waals surface area (Å²) in [7, 11) is 0. The van der Waals surface area contributed by atoms with Crippen molar-refractivity contribution in [2.75, 3.05) is 6.26 Å². The molecule has 1 unspecified atom stereocenters. The maximum absolute atomic E-state index is 10.5. The Morgan fingerprint density at radius 3 is 2.67 bits per heavy atom. The van der Waals surface area contributed by atoms with E-state index in [1.807, 2.05) is 20.1 Å². The predicted molar refractivity (Wildman–Crippen MR) is 57.0 cm³/mol. The maximum Gasteiger partial charge on any atom is 0.304 e. The number of aromatic nitrogens is 3. The number of aliphatic carboxylic acids is 1. The van der Waals surface area contributed by atoms with Gasteiger partial charge in [-0.3, -0.25) is 4.79 Å². The molecule has 0 bridgehead atoms. The highest BCUT2D eigenvalue weighted by Crippen LogP contribution is 2.19. The Balaban J connectivity index is 2.90. The van der Waals surface area contributed by atoms with Gasteiger partial charge in [-0.15, -0.1) is 5.10 Å². The molecule has 0 radical (unpaired) electrons. The van der Waals surface area contributed by atoms with Crippen molar-refractivity contribution in [3.63, 3.8) is 0 Å². The molecule has 1 N–H and O–H groups in total. The molecule has 5 nitrogen and oxygen atoms in total. The molecule has 82 valence electrons. The summed E-state index contributed by atoms with van der Waals surface area (Å²) in [6, 6.07) is 0. The molecule has 0 aliphatic heterocycles. The SMILES string of the molecule is CSc1nnc(C(C)CC(=O)O)c(C)n1. The molecule has 1 aromatic rings. The lowest BCUT2D eigenvalue weighted by atomic mass is 10.0. The molecule has 1 atom stereocenters. The fraction of sp³-hybridized carbons (Fsp3) is 0.556. The zero-order chi connectivity index (χ0) is 11.4. The highest BCUT2D eigenvalue weighted by atomic mass is 32.2. The van der Waals surface area contributed by atoms with Crippen LogP contribution in [0.25, 0.3) is 0 Å². The van der Waals surface area contributed by atoms with Crippen LogP contribution in [0.3, 0.4) is 0 Å². The van der Waals surface area contributed by atoms with Crippen molar-refractivity contribution in [3.05, 3.63) is 11.4 Å². The Bertz CT molecular complexity index is 370. The third-order valence-electron chi connectivity index (χ3n) is 2.01. The minimum absolute atomic E-state index is 0.0514. The molecule has 1 rings (SSSR count). The van der Waals surface area contributed by atoms with Crippen molar-refractivity contribution in [1.29, 1.82) is 0 Å². The molecule has 0 aromatic carbocycles. The number of rotatable bonds is 4. The van der Waals surface area contributed by atoms with Gasteiger partial charge in [0, 0.05) is 5.92 Å². The molecule has 1 aromatic heterocycles. The number of carboxylic acid groups (broad SMARTS) is 1. The van der Waals surface area contributed by atoms with E-state index in [4.69, 9.17) is 5.11 Å². The monoisotopic (exact) mass is 227 g/mol. The van der Waals surface area contributed by atoms with Gasteiger partial charge in [0.25, 0.3) is 0 Å². The van der Waals surface area contributed by atoms with E-state index in [2.05, 4.69) is 15.2 Å². The van der Waals surface area contributed by atoms with Crippen LogP contribution in [0.4, 0.5) is 0 Å². The van der Waals surface area contributed by atoms with Crippen molar-refractivity contribution in [1.82, 2.24) is 15.2 Å². The van der Waals surface area contributed by atoms with Crippen LogP contribution in [-0.4, -0.2) is 32.5 Å². The number of hydrogen-bond acceptors (Lipinski definition) is 5. The first-order valence-electron chi connectivity index (χ1n) is 4.51. The molecule has 0 fully saturated rings. The summed E-state index contributed by atoms with van der Waals surface area (Å²) >= 11 is 1.42. The van der Waals surface area contributed by atoms with Crippen LogP contribution in [0.2, 0.25) is 0 Å². The standard InChI is InChI=1S/C9H13N3O2S/c1-5(4-7(13)14)8-6(2)10-9(15-3)12-11-8/h5H,4H2,1-3H3,(H,13,14). The van der Waals surface area contributed by atoms with E-state index >= 15 is 0 Å². The van der Waals surface area contributed by atoms with Crippen molar-refractivity contribution in [2.45, 2.75) is 31.3 Å². The lowest BCUT2D eigenvalue weighted by molar-refractivity contribution is -0.137. The molecule has 0 amide bonds. The Hall–Kier alpha value is -1.17. The van der Waals surface area contributed by atoms with Crippen LogP contribution in [0, 0.1) is 6.92 Å². The van der Waals surface area contributed by atoms with Gasteiger partial charge in [-0.1, -0.05) is 18.7 Å². The van der Waals surface area contributed by atoms with Gasteiger partial charge in [-0.2, -0.15) is 5.10 Å². The first-order chi connectivity index (χ1) is 7.04. The maximum atomic E-state index is 10.5. The summed E-state index contributed by atoms with van der Waals surface area (Å²) in [5.74, 6) is -0.990. The highest BCUT2D eigenvalue weighted by molar-refractivity contribution is 7.98. The van der Waals surface area contributed by atoms with E-state index in [9.17, 15) is 4.79 Å². The van der Waals surface area contributed by atoms with E-state index in [0.717, 1.165) is 5.69 Å². The fourth-order valence-corrected chi connectivity index (χ4v) is 1.64. The van der Waals surface area contributed by atoms with E-state index in [1.54, 1.807) is 0 Å². The molecular weight excluding hydrogens is 214 g/mol. The third kappa shape index (κ3) is 3.16. The smallest absolute Gasteiger partial charge is 0.304 e. The molecule has 0 spiro atoms. The van der Waals surface area contributed by atoms with E-state index in [0.29, 0.717) is 10.9 Å². The fourth-order valence-electron chi connectivity index (χ4n) is 1.29. The summed E-state index contributed by atoms with van der Waals surface area (Å²) in [5.41, 5.74) is 1.42. The highest BCUT2D eigenvalue weighted by Gasteiger charge is 2.15. The van der Waals surface area contributed by atoms with Crippen LogP contribution in [0.5, 0.6) is 0 Å². The Labute approximate surface area is 92.3 Å². The minimum Gasteiger partial charge on any atom is -0.481 e. The second-order valence-corrected chi connectivity index (χ2v) is 4.04. The molecule has 0 aliphatic rings. The van der Waals surface area contributed by atoms with E-state index in [-0.39, 0.29) is 12.3 Å². The van der Waals surface area contributed by atoms with Crippen LogP contribution in [-0.2, 0) is 4.79 Å². The minimum atomic E-state index is -0.836. The van der Waals surface area contributed by atoms with Crippen LogP contribution in [0.1, 0.15) is 30.7 Å². The Morgan fingerprint density at radius 2 is 2.20 bits per heavy atom. The van der Waals surface area contributed by atoms with Crippen molar-refractivity contribution in [2.24, 2.45) is 0 Å². The Kier molecular flexibility index (Phi) is 4.02. The molecule has 0 saturated carbocycles. The van der Waals surface area contributed by atoms with Crippen LogP contribution in [0.15, 0.2) is 5.16 Å². The molecule has 15 heavy (non-hydrogen) atoms. The Morgan fingerprint density at radius 1 is 1.53 bits per heavy atom. The van der Waals surface area contributed by atoms with Gasteiger partial charge in [0.05, 0.1) is 17.8 Å². The van der Waals surface area contributed by atoms with Gasteiger partial charge in [0.1, 0.15) is 0 Å². The first-order valence-corrected chi connectivity index (χ1v) is 5.74. The van der Waals surface area contributed by atoms with E-state index < -0.39 is 5.97 Å². The van der Waals surface area contributed by atoms with Gasteiger partial charge in [-0.25, -0.2) is 4.98 Å². The zero-order valence-electron chi connectivity index (χ0n) is 8.89. The summed E-state index contributed by atoms with van der Waals surface area (Å²) in [5, 5.41) is 17.2. The second-order valence-electron chi connectivity index (χ2n) is 3.27. The van der Waals surface area contributed by atoms with Crippen LogP contribution >= 0.6 is 11.8 Å². The average Bonchev–Trinajstić information content (AvgIpc) is 2.16.